The maximum Gasteiger partial charge on any atom is 0.241 e. The number of carbonyl (C=O) groups excluding carboxylic acids is 2. The fourth-order valence-electron chi connectivity index (χ4n) is 3.87. The van der Waals surface area contributed by atoms with Crippen LogP contribution < -0.4 is 5.32 Å². The van der Waals surface area contributed by atoms with Crippen LogP contribution in [0.15, 0.2) is 24.3 Å². The Labute approximate surface area is 166 Å². The third kappa shape index (κ3) is 5.75. The van der Waals surface area contributed by atoms with E-state index in [1.54, 1.807) is 12.1 Å². The fraction of sp³-hybridized carbons (Fsp3) is 0.619. The van der Waals surface area contributed by atoms with Gasteiger partial charge >= 0.3 is 0 Å². The maximum atomic E-state index is 13.0. The molecule has 2 fully saturated rings. The molecule has 2 aliphatic rings. The zero-order valence-corrected chi connectivity index (χ0v) is 16.7. The fourth-order valence-corrected chi connectivity index (χ4v) is 3.87. The van der Waals surface area contributed by atoms with Gasteiger partial charge in [0.15, 0.2) is 0 Å². The number of hydrogen-bond donors (Lipinski definition) is 1. The lowest BCUT2D eigenvalue weighted by Crippen LogP contribution is -2.54. The van der Waals surface area contributed by atoms with Crippen molar-refractivity contribution in [1.29, 1.82) is 0 Å². The van der Waals surface area contributed by atoms with Gasteiger partial charge < -0.3 is 10.2 Å². The third-order valence-corrected chi connectivity index (χ3v) is 5.76. The van der Waals surface area contributed by atoms with Gasteiger partial charge in [0.2, 0.25) is 11.8 Å². The lowest BCUT2D eigenvalue weighted by atomic mass is 10.2. The molecular formula is C21H31FN4O2. The van der Waals surface area contributed by atoms with Crippen LogP contribution in [-0.4, -0.2) is 78.4 Å². The van der Waals surface area contributed by atoms with E-state index in [4.69, 9.17) is 0 Å². The summed E-state index contributed by atoms with van der Waals surface area (Å²) in [5.41, 5.74) is 0.597. The normalized spacial score (nSPS) is 20.4. The number of hydrogen-bond acceptors (Lipinski definition) is 4. The third-order valence-electron chi connectivity index (χ3n) is 5.76. The number of benzene rings is 1. The van der Waals surface area contributed by atoms with Crippen LogP contribution in [0.1, 0.15) is 32.6 Å². The zero-order chi connectivity index (χ0) is 19.9. The monoisotopic (exact) mass is 390 g/mol. The van der Waals surface area contributed by atoms with Gasteiger partial charge in [0.05, 0.1) is 12.6 Å². The van der Waals surface area contributed by atoms with Gasteiger partial charge in [-0.15, -0.1) is 0 Å². The van der Waals surface area contributed by atoms with Crippen LogP contribution in [0.4, 0.5) is 10.1 Å². The van der Waals surface area contributed by atoms with Gasteiger partial charge in [-0.1, -0.05) is 12.8 Å². The predicted molar refractivity (Wildman–Crippen MR) is 108 cm³/mol. The Morgan fingerprint density at radius 3 is 2.18 bits per heavy atom. The first kappa shape index (κ1) is 20.7. The Hall–Kier alpha value is -1.99. The highest BCUT2D eigenvalue weighted by Crippen LogP contribution is 2.13. The van der Waals surface area contributed by atoms with Crippen LogP contribution >= 0.6 is 0 Å². The average Bonchev–Trinajstić information content (AvgIpc) is 2.99. The first-order valence-electron chi connectivity index (χ1n) is 10.3. The van der Waals surface area contributed by atoms with Crippen molar-refractivity contribution in [3.05, 3.63) is 30.1 Å². The van der Waals surface area contributed by atoms with Gasteiger partial charge in [0.1, 0.15) is 5.82 Å². The number of nitrogens with zero attached hydrogens (tertiary/aromatic N) is 3. The molecule has 0 aromatic heterocycles. The standard InChI is InChI=1S/C21H31FN4O2/c1-17(21(28)23-19-8-6-18(22)7-9-19)25-14-12-24(13-15-25)16-20(27)26-10-4-2-3-5-11-26/h6-9,17H,2-5,10-16H2,1H3,(H,23,28)/t17-/m1/s1. The van der Waals surface area contributed by atoms with Gasteiger partial charge in [-0.05, 0) is 44.0 Å². The molecule has 0 unspecified atom stereocenters. The van der Waals surface area contributed by atoms with Crippen molar-refractivity contribution in [3.8, 4) is 0 Å². The van der Waals surface area contributed by atoms with E-state index < -0.39 is 0 Å². The minimum absolute atomic E-state index is 0.0966. The predicted octanol–water partition coefficient (Wildman–Crippen LogP) is 2.17. The number of anilines is 1. The zero-order valence-electron chi connectivity index (χ0n) is 16.7. The smallest absolute Gasteiger partial charge is 0.241 e. The Kier molecular flexibility index (Phi) is 7.39. The summed E-state index contributed by atoms with van der Waals surface area (Å²) in [5, 5.41) is 2.84. The highest BCUT2D eigenvalue weighted by molar-refractivity contribution is 5.94. The molecule has 0 bridgehead atoms. The number of carbonyl (C=O) groups is 2. The topological polar surface area (TPSA) is 55.9 Å². The van der Waals surface area contributed by atoms with Crippen LogP contribution in [0, 0.1) is 5.82 Å². The van der Waals surface area contributed by atoms with Crippen LogP contribution in [0.25, 0.3) is 0 Å². The number of nitrogens with one attached hydrogen (secondary N) is 1. The molecule has 154 valence electrons. The summed E-state index contributed by atoms with van der Waals surface area (Å²) in [6, 6.07) is 5.52. The van der Waals surface area contributed by atoms with Crippen molar-refractivity contribution < 1.29 is 14.0 Å². The van der Waals surface area contributed by atoms with Gasteiger partial charge in [0.25, 0.3) is 0 Å². The molecule has 3 rings (SSSR count). The minimum atomic E-state index is -0.322. The molecule has 1 N–H and O–H groups in total. The minimum Gasteiger partial charge on any atom is -0.342 e. The molecule has 6 nitrogen and oxygen atoms in total. The highest BCUT2D eigenvalue weighted by Gasteiger charge is 2.27. The Morgan fingerprint density at radius 2 is 1.57 bits per heavy atom. The van der Waals surface area contributed by atoms with Gasteiger partial charge in [-0.3, -0.25) is 19.4 Å². The Bertz CT molecular complexity index is 651. The summed E-state index contributed by atoms with van der Waals surface area (Å²) in [6.07, 6.45) is 4.67. The molecule has 28 heavy (non-hydrogen) atoms. The van der Waals surface area contributed by atoms with Crippen LogP contribution in [-0.2, 0) is 9.59 Å². The quantitative estimate of drug-likeness (QED) is 0.837. The van der Waals surface area contributed by atoms with Crippen molar-refractivity contribution in [2.24, 2.45) is 0 Å². The van der Waals surface area contributed by atoms with Crippen LogP contribution in [0.3, 0.4) is 0 Å². The molecular weight excluding hydrogens is 359 g/mol. The summed E-state index contributed by atoms with van der Waals surface area (Å²) < 4.78 is 13.0. The van der Waals surface area contributed by atoms with Gasteiger partial charge in [-0.2, -0.15) is 0 Å². The number of rotatable bonds is 5. The van der Waals surface area contributed by atoms with Crippen molar-refractivity contribution in [3.63, 3.8) is 0 Å². The summed E-state index contributed by atoms with van der Waals surface area (Å²) in [7, 11) is 0. The van der Waals surface area contributed by atoms with E-state index in [9.17, 15) is 14.0 Å². The van der Waals surface area contributed by atoms with Crippen LogP contribution in [0.5, 0.6) is 0 Å². The van der Waals surface area contributed by atoms with E-state index >= 15 is 0 Å². The average molecular weight is 391 g/mol. The van der Waals surface area contributed by atoms with Gasteiger partial charge in [0, 0.05) is 45.0 Å². The van der Waals surface area contributed by atoms with E-state index in [1.807, 2.05) is 11.8 Å². The first-order chi connectivity index (χ1) is 13.5. The SMILES string of the molecule is C[C@H](C(=O)Nc1ccc(F)cc1)N1CCN(CC(=O)N2CCCCCC2)CC1. The molecule has 2 heterocycles. The second kappa shape index (κ2) is 9.98. The number of likely N-dealkylation sites (tertiary alicyclic amines) is 1. The molecule has 0 radical (unpaired) electrons. The molecule has 1 aromatic rings. The number of halogens is 1. The Morgan fingerprint density at radius 1 is 0.964 bits per heavy atom. The largest absolute Gasteiger partial charge is 0.342 e. The Balaban J connectivity index is 1.43. The van der Waals surface area contributed by atoms with E-state index in [2.05, 4.69) is 15.1 Å². The van der Waals surface area contributed by atoms with Crippen molar-refractivity contribution in [2.75, 3.05) is 51.1 Å². The molecule has 2 aliphatic heterocycles. The lowest BCUT2D eigenvalue weighted by molar-refractivity contribution is -0.133. The van der Waals surface area contributed by atoms with E-state index in [1.165, 1.54) is 25.0 Å². The second-order valence-corrected chi connectivity index (χ2v) is 7.78. The van der Waals surface area contributed by atoms with E-state index in [-0.39, 0.29) is 23.7 Å². The summed E-state index contributed by atoms with van der Waals surface area (Å²) >= 11 is 0. The maximum absolute atomic E-state index is 13.0. The second-order valence-electron chi connectivity index (χ2n) is 7.78. The van der Waals surface area contributed by atoms with E-state index in [0.717, 1.165) is 52.1 Å². The molecule has 2 amide bonds. The van der Waals surface area contributed by atoms with Crippen molar-refractivity contribution >= 4 is 17.5 Å². The highest BCUT2D eigenvalue weighted by atomic mass is 19.1. The summed E-state index contributed by atoms with van der Waals surface area (Å²) in [6.45, 7) is 7.22. The molecule has 0 saturated carbocycles. The molecule has 1 atom stereocenters. The molecule has 0 spiro atoms. The number of piperazine rings is 1. The van der Waals surface area contributed by atoms with Crippen molar-refractivity contribution in [1.82, 2.24) is 14.7 Å². The van der Waals surface area contributed by atoms with Crippen LogP contribution in [0.2, 0.25) is 0 Å². The molecule has 7 heteroatoms. The first-order valence-corrected chi connectivity index (χ1v) is 10.3. The van der Waals surface area contributed by atoms with Gasteiger partial charge in [-0.25, -0.2) is 4.39 Å². The molecule has 2 saturated heterocycles. The van der Waals surface area contributed by atoms with Crippen molar-refractivity contribution in [2.45, 2.75) is 38.6 Å². The molecule has 0 aliphatic carbocycles. The summed E-state index contributed by atoms with van der Waals surface area (Å²) in [5.74, 6) is -0.185. The summed E-state index contributed by atoms with van der Waals surface area (Å²) in [4.78, 5) is 31.4. The van der Waals surface area contributed by atoms with E-state index in [0.29, 0.717) is 12.2 Å². The number of amides is 2. The lowest BCUT2D eigenvalue weighted by Gasteiger charge is -2.37. The molecule has 1 aromatic carbocycles.